The molecule has 8 heteroatoms. The third-order valence-corrected chi connectivity index (χ3v) is 5.36. The zero-order valence-corrected chi connectivity index (χ0v) is 17.7. The average molecular weight is 478 g/mol. The first kappa shape index (κ1) is 23.6. The number of fused-ring (bicyclic) bond motifs is 1. The number of ether oxygens (including phenoxy) is 1. The van der Waals surface area contributed by atoms with Gasteiger partial charge in [0.2, 0.25) is 0 Å². The van der Waals surface area contributed by atoms with Crippen molar-refractivity contribution in [1.29, 1.82) is 0 Å². The van der Waals surface area contributed by atoms with Crippen LogP contribution in [0.25, 0.3) is 33.0 Å². The molecular formula is C26H17F7O. The average Bonchev–Trinajstić information content (AvgIpc) is 2.74. The Labute approximate surface area is 190 Å². The molecule has 0 fully saturated rings. The van der Waals surface area contributed by atoms with Gasteiger partial charge < -0.3 is 4.74 Å². The standard InChI is InChI=1S/C26H17F7O/c1-2-3-14-4-7-18-15(10-14)5-8-19(25(18)30)17-12-21(28)24(22(29)13-17)16-6-9-23(20(27)11-16)34-26(31,32)33/h4-13H,2-3H2,1H3. The van der Waals surface area contributed by atoms with E-state index in [2.05, 4.69) is 4.74 Å². The molecule has 34 heavy (non-hydrogen) atoms. The van der Waals surface area contributed by atoms with E-state index >= 15 is 4.39 Å². The van der Waals surface area contributed by atoms with Crippen molar-refractivity contribution in [2.75, 3.05) is 0 Å². The molecule has 0 unspecified atom stereocenters. The van der Waals surface area contributed by atoms with Crippen molar-refractivity contribution in [2.45, 2.75) is 26.1 Å². The highest BCUT2D eigenvalue weighted by atomic mass is 19.4. The Morgan fingerprint density at radius 2 is 1.41 bits per heavy atom. The maximum Gasteiger partial charge on any atom is 0.573 e. The molecule has 4 rings (SSSR count). The minimum atomic E-state index is -5.12. The number of benzene rings is 4. The van der Waals surface area contributed by atoms with Crippen molar-refractivity contribution in [3.63, 3.8) is 0 Å². The Hall–Kier alpha value is -3.55. The molecule has 4 aromatic carbocycles. The van der Waals surface area contributed by atoms with E-state index in [1.807, 2.05) is 13.0 Å². The van der Waals surface area contributed by atoms with Gasteiger partial charge in [0.15, 0.2) is 11.6 Å². The van der Waals surface area contributed by atoms with E-state index in [0.29, 0.717) is 22.9 Å². The van der Waals surface area contributed by atoms with Crippen LogP contribution in [0.5, 0.6) is 5.75 Å². The van der Waals surface area contributed by atoms with Gasteiger partial charge in [-0.15, -0.1) is 13.2 Å². The fourth-order valence-electron chi connectivity index (χ4n) is 3.88. The number of hydrogen-bond acceptors (Lipinski definition) is 1. The van der Waals surface area contributed by atoms with Gasteiger partial charge in [-0.05, 0) is 52.8 Å². The Morgan fingerprint density at radius 1 is 0.735 bits per heavy atom. The van der Waals surface area contributed by atoms with Gasteiger partial charge in [0, 0.05) is 10.9 Å². The predicted molar refractivity (Wildman–Crippen MR) is 115 cm³/mol. The second-order valence-electron chi connectivity index (χ2n) is 7.74. The largest absolute Gasteiger partial charge is 0.573 e. The predicted octanol–water partition coefficient (Wildman–Crippen LogP) is 8.58. The zero-order chi connectivity index (χ0) is 24.6. The van der Waals surface area contributed by atoms with E-state index in [1.54, 1.807) is 18.2 Å². The molecule has 0 aliphatic rings. The highest BCUT2D eigenvalue weighted by molar-refractivity contribution is 5.89. The lowest BCUT2D eigenvalue weighted by Gasteiger charge is -2.13. The van der Waals surface area contributed by atoms with Crippen molar-refractivity contribution in [3.8, 4) is 28.0 Å². The van der Waals surface area contributed by atoms with Gasteiger partial charge in [-0.2, -0.15) is 0 Å². The minimum Gasteiger partial charge on any atom is -0.403 e. The van der Waals surface area contributed by atoms with Gasteiger partial charge in [0.25, 0.3) is 0 Å². The van der Waals surface area contributed by atoms with Crippen molar-refractivity contribution in [1.82, 2.24) is 0 Å². The van der Waals surface area contributed by atoms with Crippen LogP contribution in [0.3, 0.4) is 0 Å². The van der Waals surface area contributed by atoms with E-state index in [1.165, 1.54) is 6.07 Å². The summed E-state index contributed by atoms with van der Waals surface area (Å²) < 4.78 is 99.5. The summed E-state index contributed by atoms with van der Waals surface area (Å²) in [6, 6.07) is 12.2. The number of hydrogen-bond donors (Lipinski definition) is 0. The third-order valence-electron chi connectivity index (χ3n) is 5.36. The molecule has 4 aromatic rings. The smallest absolute Gasteiger partial charge is 0.403 e. The van der Waals surface area contributed by atoms with E-state index in [9.17, 15) is 26.3 Å². The van der Waals surface area contributed by atoms with Crippen LogP contribution in [0.4, 0.5) is 30.7 Å². The number of rotatable bonds is 5. The Kier molecular flexibility index (Phi) is 6.25. The van der Waals surface area contributed by atoms with E-state index in [-0.39, 0.29) is 16.7 Å². The number of aryl methyl sites for hydroxylation is 1. The summed E-state index contributed by atoms with van der Waals surface area (Å²) in [6.45, 7) is 2.03. The zero-order valence-electron chi connectivity index (χ0n) is 17.7. The molecule has 176 valence electrons. The van der Waals surface area contributed by atoms with Gasteiger partial charge in [0.05, 0.1) is 5.56 Å². The summed E-state index contributed by atoms with van der Waals surface area (Å²) in [5.74, 6) is -5.48. The Bertz CT molecular complexity index is 1350. The second kappa shape index (κ2) is 9.00. The first-order chi connectivity index (χ1) is 16.1. The normalized spacial score (nSPS) is 11.8. The fourth-order valence-corrected chi connectivity index (χ4v) is 3.88. The first-order valence-corrected chi connectivity index (χ1v) is 10.3. The summed E-state index contributed by atoms with van der Waals surface area (Å²) >= 11 is 0. The van der Waals surface area contributed by atoms with Crippen LogP contribution >= 0.6 is 0 Å². The van der Waals surface area contributed by atoms with Crippen molar-refractivity contribution >= 4 is 10.8 Å². The monoisotopic (exact) mass is 478 g/mol. The number of alkyl halides is 3. The maximum atomic E-state index is 15.2. The third kappa shape index (κ3) is 4.71. The lowest BCUT2D eigenvalue weighted by Crippen LogP contribution is -2.17. The molecule has 0 heterocycles. The van der Waals surface area contributed by atoms with Crippen molar-refractivity contribution < 1.29 is 35.5 Å². The molecule has 0 radical (unpaired) electrons. The quantitative estimate of drug-likeness (QED) is 0.261. The summed E-state index contributed by atoms with van der Waals surface area (Å²) in [7, 11) is 0. The van der Waals surface area contributed by atoms with Gasteiger partial charge >= 0.3 is 6.36 Å². The number of halogens is 7. The molecule has 0 bridgehead atoms. The Balaban J connectivity index is 1.73. The molecule has 0 aliphatic carbocycles. The lowest BCUT2D eigenvalue weighted by atomic mass is 9.95. The van der Waals surface area contributed by atoms with Crippen LogP contribution < -0.4 is 4.74 Å². The molecule has 0 saturated heterocycles. The van der Waals surface area contributed by atoms with E-state index in [4.69, 9.17) is 0 Å². The summed E-state index contributed by atoms with van der Waals surface area (Å²) in [6.07, 6.45) is -3.36. The van der Waals surface area contributed by atoms with Crippen LogP contribution in [-0.4, -0.2) is 6.36 Å². The lowest BCUT2D eigenvalue weighted by molar-refractivity contribution is -0.275. The fraction of sp³-hybridized carbons (Fsp3) is 0.154. The van der Waals surface area contributed by atoms with Crippen LogP contribution in [0.15, 0.2) is 60.7 Å². The van der Waals surface area contributed by atoms with Crippen LogP contribution in [0.2, 0.25) is 0 Å². The van der Waals surface area contributed by atoms with Crippen LogP contribution in [-0.2, 0) is 6.42 Å². The summed E-state index contributed by atoms with van der Waals surface area (Å²) in [5, 5.41) is 0.950. The van der Waals surface area contributed by atoms with Gasteiger partial charge in [0.1, 0.15) is 17.5 Å². The van der Waals surface area contributed by atoms with E-state index in [0.717, 1.165) is 36.6 Å². The van der Waals surface area contributed by atoms with Gasteiger partial charge in [-0.3, -0.25) is 0 Å². The molecule has 0 aliphatic heterocycles. The molecule has 0 amide bonds. The highest BCUT2D eigenvalue weighted by Gasteiger charge is 2.32. The van der Waals surface area contributed by atoms with Crippen LogP contribution in [0, 0.1) is 23.3 Å². The summed E-state index contributed by atoms with van der Waals surface area (Å²) in [5.41, 5.74) is -0.0569. The minimum absolute atomic E-state index is 0.0276. The van der Waals surface area contributed by atoms with Gasteiger partial charge in [-0.25, -0.2) is 17.6 Å². The Morgan fingerprint density at radius 3 is 2.03 bits per heavy atom. The molecule has 1 nitrogen and oxygen atoms in total. The maximum absolute atomic E-state index is 15.2. The van der Waals surface area contributed by atoms with Crippen molar-refractivity contribution in [3.05, 3.63) is 89.5 Å². The first-order valence-electron chi connectivity index (χ1n) is 10.3. The molecule has 0 aromatic heterocycles. The topological polar surface area (TPSA) is 9.23 Å². The van der Waals surface area contributed by atoms with Crippen LogP contribution in [0.1, 0.15) is 18.9 Å². The molecular weight excluding hydrogens is 461 g/mol. The second-order valence-corrected chi connectivity index (χ2v) is 7.74. The molecule has 0 saturated carbocycles. The highest BCUT2D eigenvalue weighted by Crippen LogP contribution is 2.36. The SMILES string of the molecule is CCCc1ccc2c(F)c(-c3cc(F)c(-c4ccc(OC(F)(F)F)c(F)c4)c(F)c3)ccc2c1. The molecule has 0 N–H and O–H groups in total. The summed E-state index contributed by atoms with van der Waals surface area (Å²) in [4.78, 5) is 0. The molecule has 0 spiro atoms. The molecule has 0 atom stereocenters. The van der Waals surface area contributed by atoms with Gasteiger partial charge in [-0.1, -0.05) is 49.7 Å². The van der Waals surface area contributed by atoms with E-state index < -0.39 is 40.9 Å². The van der Waals surface area contributed by atoms with Crippen molar-refractivity contribution in [2.24, 2.45) is 0 Å².